The molecule has 0 spiro atoms. The van der Waals surface area contributed by atoms with Gasteiger partial charge in [0.2, 0.25) is 11.8 Å². The van der Waals surface area contributed by atoms with Crippen LogP contribution < -0.4 is 9.64 Å². The van der Waals surface area contributed by atoms with Gasteiger partial charge in [-0.15, -0.1) is 6.58 Å². The number of rotatable bonds is 9. The van der Waals surface area contributed by atoms with Gasteiger partial charge in [0, 0.05) is 44.9 Å². The second-order valence-electron chi connectivity index (χ2n) is 7.13. The molecule has 9 heteroatoms. The molecule has 1 aliphatic heterocycles. The summed E-state index contributed by atoms with van der Waals surface area (Å²) < 4.78 is 5.95. The van der Waals surface area contributed by atoms with E-state index in [1.807, 2.05) is 30.3 Å². The third-order valence-electron chi connectivity index (χ3n) is 4.70. The van der Waals surface area contributed by atoms with Crippen LogP contribution in [0.3, 0.4) is 0 Å². The van der Waals surface area contributed by atoms with Crippen LogP contribution in [0.1, 0.15) is 19.8 Å². The van der Waals surface area contributed by atoms with Gasteiger partial charge in [0.25, 0.3) is 0 Å². The number of piperazine rings is 1. The van der Waals surface area contributed by atoms with E-state index in [9.17, 15) is 9.59 Å². The van der Waals surface area contributed by atoms with E-state index in [1.54, 1.807) is 0 Å². The van der Waals surface area contributed by atoms with Gasteiger partial charge >= 0.3 is 11.9 Å². The van der Waals surface area contributed by atoms with E-state index in [2.05, 4.69) is 23.3 Å². The maximum Gasteiger partial charge on any atom is 0.328 e. The van der Waals surface area contributed by atoms with Gasteiger partial charge in [-0.05, 0) is 18.6 Å². The standard InChI is InChI=1S/C19H26N4O.C4H4O4/c1-3-5-15-24-18-16-8-6-7-9-17(16)20-19(21-18)23-13-11-22(10-4-2)12-14-23;5-3(6)1-2-4(7)8/h4,6-9H,2-3,5,10-15H2,1H3;1-2H,(H,5,6)(H,7,8)/b;2-1+. The summed E-state index contributed by atoms with van der Waals surface area (Å²) in [5.74, 6) is -1.03. The number of nitrogens with zero attached hydrogens (tertiary/aromatic N) is 4. The molecule has 0 radical (unpaired) electrons. The van der Waals surface area contributed by atoms with Crippen molar-refractivity contribution in [1.29, 1.82) is 0 Å². The zero-order valence-electron chi connectivity index (χ0n) is 18.3. The Kier molecular flexibility index (Phi) is 10.1. The minimum absolute atomic E-state index is 0.558. The first-order chi connectivity index (χ1) is 15.4. The lowest BCUT2D eigenvalue weighted by Gasteiger charge is -2.34. The van der Waals surface area contributed by atoms with Gasteiger partial charge in [0.1, 0.15) is 0 Å². The van der Waals surface area contributed by atoms with Gasteiger partial charge in [0.05, 0.1) is 17.5 Å². The first-order valence-corrected chi connectivity index (χ1v) is 10.6. The zero-order chi connectivity index (χ0) is 23.3. The minimum atomic E-state index is -1.26. The molecule has 2 aromatic rings. The van der Waals surface area contributed by atoms with Gasteiger partial charge in [-0.3, -0.25) is 4.90 Å². The van der Waals surface area contributed by atoms with E-state index in [0.717, 1.165) is 62.4 Å². The lowest BCUT2D eigenvalue weighted by atomic mass is 10.2. The van der Waals surface area contributed by atoms with Gasteiger partial charge in [-0.1, -0.05) is 31.6 Å². The molecular formula is C23H30N4O5. The number of anilines is 1. The Morgan fingerprint density at radius 3 is 2.34 bits per heavy atom. The molecule has 0 bridgehead atoms. The number of carbonyl (C=O) groups is 2. The fourth-order valence-electron chi connectivity index (χ4n) is 3.06. The molecule has 3 rings (SSSR count). The highest BCUT2D eigenvalue weighted by molar-refractivity contribution is 5.89. The summed E-state index contributed by atoms with van der Waals surface area (Å²) in [4.78, 5) is 33.2. The molecule has 1 aromatic heterocycles. The van der Waals surface area contributed by atoms with Crippen LogP contribution >= 0.6 is 0 Å². The van der Waals surface area contributed by atoms with Crippen LogP contribution in [-0.2, 0) is 9.59 Å². The van der Waals surface area contributed by atoms with Gasteiger partial charge in [-0.2, -0.15) is 4.98 Å². The second-order valence-corrected chi connectivity index (χ2v) is 7.13. The summed E-state index contributed by atoms with van der Waals surface area (Å²) in [5.41, 5.74) is 0.947. The quantitative estimate of drug-likeness (QED) is 0.343. The summed E-state index contributed by atoms with van der Waals surface area (Å²) in [6, 6.07) is 8.08. The van der Waals surface area contributed by atoms with Crippen molar-refractivity contribution in [3.63, 3.8) is 0 Å². The smallest absolute Gasteiger partial charge is 0.328 e. The predicted octanol–water partition coefficient (Wildman–Crippen LogP) is 2.83. The maximum atomic E-state index is 9.55. The molecule has 1 aliphatic rings. The molecule has 0 unspecified atom stereocenters. The molecule has 2 heterocycles. The monoisotopic (exact) mass is 442 g/mol. The number of aromatic nitrogens is 2. The Balaban J connectivity index is 0.000000390. The zero-order valence-corrected chi connectivity index (χ0v) is 18.3. The molecule has 0 aliphatic carbocycles. The van der Waals surface area contributed by atoms with E-state index in [0.29, 0.717) is 24.6 Å². The van der Waals surface area contributed by atoms with Crippen molar-refractivity contribution in [2.24, 2.45) is 0 Å². The fraction of sp³-hybridized carbons (Fsp3) is 0.391. The van der Waals surface area contributed by atoms with Crippen molar-refractivity contribution in [2.45, 2.75) is 19.8 Å². The first kappa shape index (κ1) is 24.8. The third-order valence-corrected chi connectivity index (χ3v) is 4.70. The number of fused-ring (bicyclic) bond motifs is 1. The Labute approximate surface area is 187 Å². The van der Waals surface area contributed by atoms with Crippen LogP contribution in [0.25, 0.3) is 10.9 Å². The molecule has 1 fully saturated rings. The number of para-hydroxylation sites is 1. The average molecular weight is 443 g/mol. The molecule has 172 valence electrons. The van der Waals surface area contributed by atoms with Crippen molar-refractivity contribution in [2.75, 3.05) is 44.2 Å². The van der Waals surface area contributed by atoms with E-state index < -0.39 is 11.9 Å². The fourth-order valence-corrected chi connectivity index (χ4v) is 3.06. The van der Waals surface area contributed by atoms with Crippen molar-refractivity contribution in [3.05, 3.63) is 49.1 Å². The SMILES string of the molecule is C=CCN1CCN(c2nc(OCCCC)c3ccccc3n2)CC1.O=C(O)/C=C/C(=O)O. The molecule has 1 saturated heterocycles. The lowest BCUT2D eigenvalue weighted by Crippen LogP contribution is -2.46. The van der Waals surface area contributed by atoms with Crippen LogP contribution in [0.2, 0.25) is 0 Å². The van der Waals surface area contributed by atoms with Crippen LogP contribution in [-0.4, -0.2) is 76.4 Å². The summed E-state index contributed by atoms with van der Waals surface area (Å²) >= 11 is 0. The van der Waals surface area contributed by atoms with Crippen LogP contribution in [0.4, 0.5) is 5.95 Å². The van der Waals surface area contributed by atoms with Crippen molar-refractivity contribution in [3.8, 4) is 5.88 Å². The van der Waals surface area contributed by atoms with Crippen LogP contribution in [0, 0.1) is 0 Å². The third kappa shape index (κ3) is 7.99. The van der Waals surface area contributed by atoms with E-state index in [-0.39, 0.29) is 0 Å². The lowest BCUT2D eigenvalue weighted by molar-refractivity contribution is -0.134. The Morgan fingerprint density at radius 1 is 1.09 bits per heavy atom. The molecular weight excluding hydrogens is 412 g/mol. The van der Waals surface area contributed by atoms with Gasteiger partial charge < -0.3 is 19.8 Å². The Morgan fingerprint density at radius 2 is 1.75 bits per heavy atom. The Bertz CT molecular complexity index is 923. The number of ether oxygens (including phenoxy) is 1. The minimum Gasteiger partial charge on any atom is -0.478 e. The van der Waals surface area contributed by atoms with Crippen LogP contribution in [0.5, 0.6) is 5.88 Å². The summed E-state index contributed by atoms with van der Waals surface area (Å²) in [7, 11) is 0. The van der Waals surface area contributed by atoms with Crippen molar-refractivity contribution in [1.82, 2.24) is 14.9 Å². The van der Waals surface area contributed by atoms with Crippen LogP contribution in [0.15, 0.2) is 49.1 Å². The first-order valence-electron chi connectivity index (χ1n) is 10.6. The molecule has 0 amide bonds. The summed E-state index contributed by atoms with van der Waals surface area (Å²) in [6.45, 7) is 11.5. The number of hydrogen-bond donors (Lipinski definition) is 2. The molecule has 9 nitrogen and oxygen atoms in total. The molecule has 0 atom stereocenters. The van der Waals surface area contributed by atoms with E-state index in [4.69, 9.17) is 24.9 Å². The highest BCUT2D eigenvalue weighted by atomic mass is 16.5. The topological polar surface area (TPSA) is 116 Å². The Hall–Kier alpha value is -3.46. The number of hydrogen-bond acceptors (Lipinski definition) is 7. The summed E-state index contributed by atoms with van der Waals surface area (Å²) in [6.07, 6.45) is 5.22. The predicted molar refractivity (Wildman–Crippen MR) is 123 cm³/mol. The second kappa shape index (κ2) is 13.1. The normalized spacial score (nSPS) is 14.1. The highest BCUT2D eigenvalue weighted by Gasteiger charge is 2.20. The molecule has 1 aromatic carbocycles. The van der Waals surface area contributed by atoms with Crippen molar-refractivity contribution < 1.29 is 24.5 Å². The number of unbranched alkanes of at least 4 members (excludes halogenated alkanes) is 1. The molecule has 0 saturated carbocycles. The highest BCUT2D eigenvalue weighted by Crippen LogP contribution is 2.26. The van der Waals surface area contributed by atoms with Crippen molar-refractivity contribution >= 4 is 28.8 Å². The molecule has 2 N–H and O–H groups in total. The number of carboxylic acids is 2. The number of aliphatic carboxylic acids is 2. The number of benzene rings is 1. The van der Waals surface area contributed by atoms with Gasteiger partial charge in [0.15, 0.2) is 0 Å². The molecule has 32 heavy (non-hydrogen) atoms. The number of carboxylic acid groups (broad SMARTS) is 2. The largest absolute Gasteiger partial charge is 0.478 e. The summed E-state index contributed by atoms with van der Waals surface area (Å²) in [5, 5.41) is 16.6. The van der Waals surface area contributed by atoms with E-state index >= 15 is 0 Å². The average Bonchev–Trinajstić information content (AvgIpc) is 2.79. The maximum absolute atomic E-state index is 9.55. The van der Waals surface area contributed by atoms with E-state index in [1.165, 1.54) is 0 Å². The van der Waals surface area contributed by atoms with Gasteiger partial charge in [-0.25, -0.2) is 14.6 Å².